The zero-order chi connectivity index (χ0) is 17.3. The number of allylic oxidation sites excluding steroid dienone is 1. The van der Waals surface area contributed by atoms with Gasteiger partial charge in [0.2, 0.25) is 0 Å². The SMILES string of the molecule is COc1cc2c(cc1OC)C(=O)/C(=C/c1cccc([N+](=O)[O-])c1)C2. The summed E-state index contributed by atoms with van der Waals surface area (Å²) >= 11 is 0. The van der Waals surface area contributed by atoms with Gasteiger partial charge in [-0.15, -0.1) is 0 Å². The Hall–Kier alpha value is -3.15. The minimum atomic E-state index is -0.455. The minimum absolute atomic E-state index is 0.00403. The van der Waals surface area contributed by atoms with Crippen LogP contribution in [0.1, 0.15) is 21.5 Å². The summed E-state index contributed by atoms with van der Waals surface area (Å²) in [5.74, 6) is 0.972. The Morgan fingerprint density at radius 3 is 2.50 bits per heavy atom. The summed E-state index contributed by atoms with van der Waals surface area (Å²) in [6.45, 7) is 0. The van der Waals surface area contributed by atoms with Crippen molar-refractivity contribution in [2.45, 2.75) is 6.42 Å². The molecule has 0 saturated carbocycles. The quantitative estimate of drug-likeness (QED) is 0.489. The van der Waals surface area contributed by atoms with Crippen molar-refractivity contribution in [2.75, 3.05) is 14.2 Å². The van der Waals surface area contributed by atoms with Gasteiger partial charge in [-0.25, -0.2) is 0 Å². The average Bonchev–Trinajstić information content (AvgIpc) is 2.89. The number of carbonyl (C=O) groups excluding carboxylic acids is 1. The van der Waals surface area contributed by atoms with Crippen LogP contribution >= 0.6 is 0 Å². The first kappa shape index (κ1) is 15.7. The predicted molar refractivity (Wildman–Crippen MR) is 88.7 cm³/mol. The van der Waals surface area contributed by atoms with E-state index in [-0.39, 0.29) is 11.5 Å². The topological polar surface area (TPSA) is 78.7 Å². The molecule has 122 valence electrons. The second-order valence-corrected chi connectivity index (χ2v) is 5.39. The number of nitro groups is 1. The summed E-state index contributed by atoms with van der Waals surface area (Å²) in [4.78, 5) is 23.0. The van der Waals surface area contributed by atoms with Gasteiger partial charge in [0, 0.05) is 29.7 Å². The standard InChI is InChI=1S/C18H15NO5/c1-23-16-9-12-8-13(18(20)15(12)10-17(16)24-2)6-11-4-3-5-14(7-11)19(21)22/h3-7,9-10H,8H2,1-2H3/b13-6+. The molecule has 0 saturated heterocycles. The molecule has 0 N–H and O–H groups in total. The smallest absolute Gasteiger partial charge is 0.270 e. The third-order valence-corrected chi connectivity index (χ3v) is 3.95. The van der Waals surface area contributed by atoms with E-state index < -0.39 is 4.92 Å². The molecule has 24 heavy (non-hydrogen) atoms. The molecule has 0 atom stereocenters. The fourth-order valence-electron chi connectivity index (χ4n) is 2.78. The highest BCUT2D eigenvalue weighted by atomic mass is 16.6. The number of carbonyl (C=O) groups is 1. The number of ether oxygens (including phenoxy) is 2. The molecule has 0 radical (unpaired) electrons. The van der Waals surface area contributed by atoms with Crippen LogP contribution in [0.5, 0.6) is 11.5 Å². The number of non-ortho nitro benzene ring substituents is 1. The summed E-state index contributed by atoms with van der Waals surface area (Å²) in [5.41, 5.74) is 2.63. The number of benzene rings is 2. The lowest BCUT2D eigenvalue weighted by molar-refractivity contribution is -0.384. The van der Waals surface area contributed by atoms with Gasteiger partial charge in [0.15, 0.2) is 17.3 Å². The Labute approximate surface area is 138 Å². The molecular weight excluding hydrogens is 310 g/mol. The molecule has 1 aliphatic rings. The van der Waals surface area contributed by atoms with Crippen molar-refractivity contribution in [2.24, 2.45) is 0 Å². The van der Waals surface area contributed by atoms with Gasteiger partial charge in [-0.3, -0.25) is 14.9 Å². The van der Waals surface area contributed by atoms with Gasteiger partial charge in [0.05, 0.1) is 19.1 Å². The molecule has 2 aromatic rings. The summed E-state index contributed by atoms with van der Waals surface area (Å²) in [7, 11) is 3.06. The number of rotatable bonds is 4. The molecule has 3 rings (SSSR count). The van der Waals surface area contributed by atoms with E-state index in [9.17, 15) is 14.9 Å². The van der Waals surface area contributed by atoms with Crippen molar-refractivity contribution >= 4 is 17.5 Å². The number of nitrogens with zero attached hydrogens (tertiary/aromatic N) is 1. The Balaban J connectivity index is 1.99. The molecule has 0 aliphatic heterocycles. The Morgan fingerprint density at radius 2 is 1.83 bits per heavy atom. The summed E-state index contributed by atoms with van der Waals surface area (Å²) in [6, 6.07) is 9.67. The number of fused-ring (bicyclic) bond motifs is 1. The molecular formula is C18H15NO5. The predicted octanol–water partition coefficient (Wildman–Crippen LogP) is 3.43. The Morgan fingerprint density at radius 1 is 1.12 bits per heavy atom. The van der Waals surface area contributed by atoms with Crippen LogP contribution in [0.15, 0.2) is 42.0 Å². The number of methoxy groups -OCH3 is 2. The van der Waals surface area contributed by atoms with Crippen molar-refractivity contribution < 1.29 is 19.2 Å². The Bertz CT molecular complexity index is 870. The van der Waals surface area contributed by atoms with Crippen molar-refractivity contribution in [1.29, 1.82) is 0 Å². The summed E-state index contributed by atoms with van der Waals surface area (Å²) in [6.07, 6.45) is 2.14. The van der Waals surface area contributed by atoms with Crippen LogP contribution in [0, 0.1) is 10.1 Å². The zero-order valence-corrected chi connectivity index (χ0v) is 13.2. The normalized spacial score (nSPS) is 14.6. The molecule has 1 aliphatic carbocycles. The van der Waals surface area contributed by atoms with Crippen molar-refractivity contribution in [3.8, 4) is 11.5 Å². The maximum Gasteiger partial charge on any atom is 0.270 e. The minimum Gasteiger partial charge on any atom is -0.493 e. The fraction of sp³-hybridized carbons (Fsp3) is 0.167. The van der Waals surface area contributed by atoms with E-state index in [1.54, 1.807) is 37.5 Å². The van der Waals surface area contributed by atoms with Crippen LogP contribution in [0.3, 0.4) is 0 Å². The first-order valence-electron chi connectivity index (χ1n) is 7.28. The molecule has 0 fully saturated rings. The van der Waals surface area contributed by atoms with Gasteiger partial charge >= 0.3 is 0 Å². The van der Waals surface area contributed by atoms with Gasteiger partial charge in [-0.05, 0) is 29.3 Å². The molecule has 0 amide bonds. The van der Waals surface area contributed by atoms with Crippen LogP contribution in [0.2, 0.25) is 0 Å². The zero-order valence-electron chi connectivity index (χ0n) is 13.2. The van der Waals surface area contributed by atoms with Gasteiger partial charge in [0.1, 0.15) is 0 Å². The van der Waals surface area contributed by atoms with E-state index in [1.807, 2.05) is 0 Å². The third kappa shape index (κ3) is 2.74. The maximum absolute atomic E-state index is 12.6. The molecule has 0 spiro atoms. The van der Waals surface area contributed by atoms with Crippen LogP contribution in [0.25, 0.3) is 6.08 Å². The fourth-order valence-corrected chi connectivity index (χ4v) is 2.78. The highest BCUT2D eigenvalue weighted by molar-refractivity contribution is 6.16. The molecule has 0 bridgehead atoms. The first-order chi connectivity index (χ1) is 11.5. The van der Waals surface area contributed by atoms with E-state index >= 15 is 0 Å². The molecule has 0 aromatic heterocycles. The number of hydrogen-bond donors (Lipinski definition) is 0. The second-order valence-electron chi connectivity index (χ2n) is 5.39. The summed E-state index contributed by atoms with van der Waals surface area (Å²) < 4.78 is 10.5. The van der Waals surface area contributed by atoms with Crippen LogP contribution in [-0.4, -0.2) is 24.9 Å². The largest absolute Gasteiger partial charge is 0.493 e. The second kappa shape index (κ2) is 6.16. The van der Waals surface area contributed by atoms with E-state index in [4.69, 9.17) is 9.47 Å². The van der Waals surface area contributed by atoms with Crippen LogP contribution in [-0.2, 0) is 6.42 Å². The maximum atomic E-state index is 12.6. The van der Waals surface area contributed by atoms with Crippen LogP contribution < -0.4 is 9.47 Å². The third-order valence-electron chi connectivity index (χ3n) is 3.95. The lowest BCUT2D eigenvalue weighted by Gasteiger charge is -2.08. The molecule has 6 nitrogen and oxygen atoms in total. The molecule has 6 heteroatoms. The van der Waals surface area contributed by atoms with Gasteiger partial charge < -0.3 is 9.47 Å². The van der Waals surface area contributed by atoms with E-state index in [2.05, 4.69) is 0 Å². The van der Waals surface area contributed by atoms with Crippen molar-refractivity contribution in [1.82, 2.24) is 0 Å². The number of hydrogen-bond acceptors (Lipinski definition) is 5. The van der Waals surface area contributed by atoms with Gasteiger partial charge in [-0.2, -0.15) is 0 Å². The highest BCUT2D eigenvalue weighted by Gasteiger charge is 2.27. The Kier molecular flexibility index (Phi) is 4.04. The number of nitro benzene ring substituents is 1. The number of ketones is 1. The number of Topliss-reactive ketones (excluding diaryl/α,β-unsaturated/α-hetero) is 1. The van der Waals surface area contributed by atoms with E-state index in [1.165, 1.54) is 19.2 Å². The van der Waals surface area contributed by atoms with Gasteiger partial charge in [-0.1, -0.05) is 12.1 Å². The first-order valence-corrected chi connectivity index (χ1v) is 7.28. The van der Waals surface area contributed by atoms with Crippen LogP contribution in [0.4, 0.5) is 5.69 Å². The highest BCUT2D eigenvalue weighted by Crippen LogP contribution is 2.37. The molecule has 2 aromatic carbocycles. The van der Waals surface area contributed by atoms with E-state index in [0.29, 0.717) is 34.6 Å². The lowest BCUT2D eigenvalue weighted by atomic mass is 10.1. The monoisotopic (exact) mass is 325 g/mol. The van der Waals surface area contributed by atoms with Crippen molar-refractivity contribution in [3.05, 3.63) is 68.8 Å². The lowest BCUT2D eigenvalue weighted by Crippen LogP contribution is -1.97. The van der Waals surface area contributed by atoms with Gasteiger partial charge in [0.25, 0.3) is 5.69 Å². The molecule has 0 unspecified atom stereocenters. The van der Waals surface area contributed by atoms with Crippen molar-refractivity contribution in [3.63, 3.8) is 0 Å². The van der Waals surface area contributed by atoms with E-state index in [0.717, 1.165) is 5.56 Å². The average molecular weight is 325 g/mol. The summed E-state index contributed by atoms with van der Waals surface area (Å²) in [5, 5.41) is 10.9. The molecule has 0 heterocycles.